The first kappa shape index (κ1) is 14.9. The van der Waals surface area contributed by atoms with Crippen LogP contribution in [0.2, 0.25) is 0 Å². The molecule has 5 heteroatoms. The van der Waals surface area contributed by atoms with Crippen LogP contribution in [-0.2, 0) is 13.6 Å². The molecule has 2 heterocycles. The first-order valence-electron chi connectivity index (χ1n) is 9.25. The van der Waals surface area contributed by atoms with Crippen molar-refractivity contribution < 1.29 is 0 Å². The van der Waals surface area contributed by atoms with E-state index in [9.17, 15) is 0 Å². The third kappa shape index (κ3) is 2.93. The van der Waals surface area contributed by atoms with E-state index in [1.54, 1.807) is 0 Å². The zero-order valence-corrected chi connectivity index (χ0v) is 14.3. The van der Waals surface area contributed by atoms with Gasteiger partial charge in [0.25, 0.3) is 0 Å². The Kier molecular flexibility index (Phi) is 3.95. The van der Waals surface area contributed by atoms with Gasteiger partial charge in [-0.05, 0) is 38.2 Å². The van der Waals surface area contributed by atoms with Crippen molar-refractivity contribution in [3.63, 3.8) is 0 Å². The van der Waals surface area contributed by atoms with E-state index in [1.807, 2.05) is 4.68 Å². The summed E-state index contributed by atoms with van der Waals surface area (Å²) < 4.78 is 4.15. The van der Waals surface area contributed by atoms with Crippen molar-refractivity contribution in [2.75, 3.05) is 0 Å². The lowest BCUT2D eigenvalue weighted by Crippen LogP contribution is -2.04. The fourth-order valence-corrected chi connectivity index (χ4v) is 3.72. The van der Waals surface area contributed by atoms with Crippen LogP contribution >= 0.6 is 0 Å². The summed E-state index contributed by atoms with van der Waals surface area (Å²) in [5, 5.41) is 9.61. The van der Waals surface area contributed by atoms with E-state index in [1.165, 1.54) is 50.6 Å². The van der Waals surface area contributed by atoms with Crippen molar-refractivity contribution in [3.05, 3.63) is 17.6 Å². The molecular formula is C18H27N5. The maximum atomic E-state index is 4.93. The van der Waals surface area contributed by atoms with E-state index in [4.69, 9.17) is 15.2 Å². The Bertz CT molecular complexity index is 674. The molecule has 0 aromatic carbocycles. The number of hydrogen-bond donors (Lipinski definition) is 0. The standard InChI is InChI=1S/C18H27N5/c1-3-4-11-23-18(19-17(21-23)14-7-5-6-8-14)15-12-16(13-9-10-13)22(2)20-15/h12-14H,3-11H2,1-2H3. The lowest BCUT2D eigenvalue weighted by atomic mass is 10.1. The number of aromatic nitrogens is 5. The highest BCUT2D eigenvalue weighted by Crippen LogP contribution is 2.41. The van der Waals surface area contributed by atoms with Crippen LogP contribution in [0.1, 0.15) is 81.6 Å². The summed E-state index contributed by atoms with van der Waals surface area (Å²) in [6, 6.07) is 2.24. The molecule has 2 fully saturated rings. The van der Waals surface area contributed by atoms with Crippen LogP contribution in [0.5, 0.6) is 0 Å². The number of hydrogen-bond acceptors (Lipinski definition) is 3. The molecule has 2 aliphatic rings. The zero-order valence-electron chi connectivity index (χ0n) is 14.3. The third-order valence-electron chi connectivity index (χ3n) is 5.27. The van der Waals surface area contributed by atoms with Crippen molar-refractivity contribution in [1.29, 1.82) is 0 Å². The minimum Gasteiger partial charge on any atom is -0.272 e. The predicted octanol–water partition coefficient (Wildman–Crippen LogP) is 4.01. The summed E-state index contributed by atoms with van der Waals surface area (Å²) >= 11 is 0. The maximum absolute atomic E-state index is 4.93. The van der Waals surface area contributed by atoms with Crippen LogP contribution in [0.4, 0.5) is 0 Å². The smallest absolute Gasteiger partial charge is 0.178 e. The molecule has 0 spiro atoms. The van der Waals surface area contributed by atoms with Crippen LogP contribution in [0.15, 0.2) is 6.07 Å². The molecule has 0 unspecified atom stereocenters. The zero-order chi connectivity index (χ0) is 15.8. The molecule has 124 valence electrons. The molecule has 0 aliphatic heterocycles. The molecule has 2 aliphatic carbocycles. The van der Waals surface area contributed by atoms with Crippen LogP contribution < -0.4 is 0 Å². The minimum absolute atomic E-state index is 0.559. The third-order valence-corrected chi connectivity index (χ3v) is 5.27. The molecule has 0 N–H and O–H groups in total. The lowest BCUT2D eigenvalue weighted by Gasteiger charge is -2.03. The van der Waals surface area contributed by atoms with Gasteiger partial charge >= 0.3 is 0 Å². The molecule has 2 saturated carbocycles. The van der Waals surface area contributed by atoms with E-state index in [2.05, 4.69) is 24.7 Å². The van der Waals surface area contributed by atoms with Crippen molar-refractivity contribution in [3.8, 4) is 11.5 Å². The molecule has 2 aromatic heterocycles. The van der Waals surface area contributed by atoms with E-state index in [0.717, 1.165) is 30.3 Å². The van der Waals surface area contributed by atoms with E-state index in [0.29, 0.717) is 11.8 Å². The maximum Gasteiger partial charge on any atom is 0.178 e. The summed E-state index contributed by atoms with van der Waals surface area (Å²) in [6.07, 6.45) is 10.0. The SMILES string of the molecule is CCCCn1nc(C2CCCC2)nc1-c1cc(C2CC2)n(C)n1. The second-order valence-corrected chi connectivity index (χ2v) is 7.20. The minimum atomic E-state index is 0.559. The summed E-state index contributed by atoms with van der Waals surface area (Å²) in [4.78, 5) is 4.93. The Balaban J connectivity index is 1.68. The molecular weight excluding hydrogens is 286 g/mol. The Hall–Kier alpha value is -1.65. The van der Waals surface area contributed by atoms with Gasteiger partial charge in [0.05, 0.1) is 0 Å². The first-order chi connectivity index (χ1) is 11.3. The Morgan fingerprint density at radius 3 is 2.57 bits per heavy atom. The van der Waals surface area contributed by atoms with Gasteiger partial charge in [0.1, 0.15) is 5.69 Å². The lowest BCUT2D eigenvalue weighted by molar-refractivity contribution is 0.557. The molecule has 0 bridgehead atoms. The number of rotatable bonds is 6. The second-order valence-electron chi connectivity index (χ2n) is 7.20. The van der Waals surface area contributed by atoms with Crippen molar-refractivity contribution in [2.45, 2.75) is 76.7 Å². The molecule has 0 amide bonds. The summed E-state index contributed by atoms with van der Waals surface area (Å²) in [5.41, 5.74) is 2.36. The molecule has 0 atom stereocenters. The molecule has 4 rings (SSSR count). The average molecular weight is 313 g/mol. The summed E-state index contributed by atoms with van der Waals surface area (Å²) in [6.45, 7) is 3.17. The fraction of sp³-hybridized carbons (Fsp3) is 0.722. The monoisotopic (exact) mass is 313 g/mol. The van der Waals surface area contributed by atoms with Crippen molar-refractivity contribution in [1.82, 2.24) is 24.5 Å². The predicted molar refractivity (Wildman–Crippen MR) is 90.3 cm³/mol. The highest BCUT2D eigenvalue weighted by atomic mass is 15.4. The molecule has 0 saturated heterocycles. The Morgan fingerprint density at radius 2 is 1.87 bits per heavy atom. The van der Waals surface area contributed by atoms with E-state index < -0.39 is 0 Å². The van der Waals surface area contributed by atoms with Crippen LogP contribution in [-0.4, -0.2) is 24.5 Å². The van der Waals surface area contributed by atoms with Crippen molar-refractivity contribution >= 4 is 0 Å². The van der Waals surface area contributed by atoms with Gasteiger partial charge in [0.2, 0.25) is 0 Å². The van der Waals surface area contributed by atoms with Gasteiger partial charge in [0, 0.05) is 31.1 Å². The first-order valence-corrected chi connectivity index (χ1v) is 9.25. The largest absolute Gasteiger partial charge is 0.272 e. The van der Waals surface area contributed by atoms with Gasteiger partial charge in [-0.1, -0.05) is 26.2 Å². The van der Waals surface area contributed by atoms with Crippen LogP contribution in [0.25, 0.3) is 11.5 Å². The van der Waals surface area contributed by atoms with E-state index >= 15 is 0 Å². The quantitative estimate of drug-likeness (QED) is 0.809. The van der Waals surface area contributed by atoms with Crippen LogP contribution in [0.3, 0.4) is 0 Å². The molecule has 0 radical (unpaired) electrons. The van der Waals surface area contributed by atoms with Gasteiger partial charge in [-0.3, -0.25) is 4.68 Å². The second kappa shape index (κ2) is 6.10. The van der Waals surface area contributed by atoms with Gasteiger partial charge in [-0.25, -0.2) is 9.67 Å². The molecule has 5 nitrogen and oxygen atoms in total. The van der Waals surface area contributed by atoms with Crippen molar-refractivity contribution in [2.24, 2.45) is 7.05 Å². The Labute approximate surface area is 138 Å². The van der Waals surface area contributed by atoms with Crippen LogP contribution in [0, 0.1) is 0 Å². The van der Waals surface area contributed by atoms with Gasteiger partial charge < -0.3 is 0 Å². The summed E-state index contributed by atoms with van der Waals surface area (Å²) in [7, 11) is 2.06. The number of nitrogens with zero attached hydrogens (tertiary/aromatic N) is 5. The number of unbranched alkanes of at least 4 members (excludes halogenated alkanes) is 1. The average Bonchev–Trinajstić information content (AvgIpc) is 2.98. The number of aryl methyl sites for hydroxylation is 2. The molecule has 2 aromatic rings. The van der Waals surface area contributed by atoms with Gasteiger partial charge in [-0.15, -0.1) is 0 Å². The van der Waals surface area contributed by atoms with Gasteiger partial charge in [0.15, 0.2) is 11.6 Å². The van der Waals surface area contributed by atoms with Gasteiger partial charge in [-0.2, -0.15) is 10.2 Å². The Morgan fingerprint density at radius 1 is 1.09 bits per heavy atom. The fourth-order valence-electron chi connectivity index (χ4n) is 3.72. The van der Waals surface area contributed by atoms with E-state index in [-0.39, 0.29) is 0 Å². The molecule has 23 heavy (non-hydrogen) atoms. The highest BCUT2D eigenvalue weighted by molar-refractivity contribution is 5.51. The topological polar surface area (TPSA) is 48.5 Å². The summed E-state index contributed by atoms with van der Waals surface area (Å²) in [5.74, 6) is 3.29. The highest BCUT2D eigenvalue weighted by Gasteiger charge is 2.29. The normalized spacial score (nSPS) is 18.9.